The number of rotatable bonds is 43. The van der Waals surface area contributed by atoms with Gasteiger partial charge in [0.2, 0.25) is 5.91 Å². The number of hydrogen-bond donors (Lipinski definition) is 7. The van der Waals surface area contributed by atoms with Crippen molar-refractivity contribution >= 4 is 5.91 Å². The molecule has 356 valence electrons. The summed E-state index contributed by atoms with van der Waals surface area (Å²) in [5.41, 5.74) is 0. The van der Waals surface area contributed by atoms with Crippen molar-refractivity contribution in [2.75, 3.05) is 13.2 Å². The predicted molar refractivity (Wildman–Crippen MR) is 246 cm³/mol. The van der Waals surface area contributed by atoms with Gasteiger partial charge in [0, 0.05) is 0 Å². The summed E-state index contributed by atoms with van der Waals surface area (Å²) in [5.74, 6) is -0.612. The van der Waals surface area contributed by atoms with E-state index in [1.807, 2.05) is 6.08 Å². The molecule has 10 heteroatoms. The Morgan fingerprint density at radius 2 is 0.950 bits per heavy atom. The smallest absolute Gasteiger partial charge is 0.249 e. The van der Waals surface area contributed by atoms with Gasteiger partial charge in [-0.25, -0.2) is 0 Å². The van der Waals surface area contributed by atoms with E-state index in [1.54, 1.807) is 6.08 Å². The van der Waals surface area contributed by atoms with Gasteiger partial charge in [-0.1, -0.05) is 231 Å². The fraction of sp³-hybridized carbons (Fsp3) is 0.940. The van der Waals surface area contributed by atoms with Gasteiger partial charge in [0.05, 0.1) is 25.4 Å². The van der Waals surface area contributed by atoms with Crippen LogP contribution in [-0.2, 0) is 14.3 Å². The number of allylic oxidation sites excluding steroid dienone is 1. The maximum absolute atomic E-state index is 13.1. The quantitative estimate of drug-likeness (QED) is 0.0233. The van der Waals surface area contributed by atoms with Crippen LogP contribution in [0.15, 0.2) is 12.2 Å². The summed E-state index contributed by atoms with van der Waals surface area (Å²) < 4.78 is 11.2. The molecule has 8 unspecified atom stereocenters. The maximum Gasteiger partial charge on any atom is 0.249 e. The molecule has 0 saturated carbocycles. The summed E-state index contributed by atoms with van der Waals surface area (Å²) in [6.45, 7) is 3.63. The Kier molecular flexibility index (Phi) is 38.6. The highest BCUT2D eigenvalue weighted by Gasteiger charge is 2.44. The van der Waals surface area contributed by atoms with Gasteiger partial charge in [-0.05, 0) is 19.3 Å². The number of unbranched alkanes of at least 4 members (excludes halogenated alkanes) is 32. The number of nitrogens with one attached hydrogen (secondary N) is 1. The predicted octanol–water partition coefficient (Wildman–Crippen LogP) is 10.3. The first-order chi connectivity index (χ1) is 29.3. The average Bonchev–Trinajstić information content (AvgIpc) is 3.25. The first-order valence-electron chi connectivity index (χ1n) is 25.5. The van der Waals surface area contributed by atoms with E-state index >= 15 is 0 Å². The second kappa shape index (κ2) is 40.7. The van der Waals surface area contributed by atoms with Crippen LogP contribution >= 0.6 is 0 Å². The van der Waals surface area contributed by atoms with Crippen LogP contribution in [0.25, 0.3) is 0 Å². The fourth-order valence-corrected chi connectivity index (χ4v) is 8.28. The lowest BCUT2D eigenvalue weighted by molar-refractivity contribution is -0.302. The molecule has 0 radical (unpaired) electrons. The summed E-state index contributed by atoms with van der Waals surface area (Å²) in [6.07, 6.45) is 37.3. The van der Waals surface area contributed by atoms with E-state index in [0.29, 0.717) is 6.42 Å². The Balaban J connectivity index is 2.32. The van der Waals surface area contributed by atoms with Crippen LogP contribution in [0.4, 0.5) is 0 Å². The SMILES string of the molecule is CCCCCCCCCCCCCC/C=C/C(O)C(COC1OC(CO)C(O)C(O)C1O)NC(=O)C(O)CCCCCCCCCCCCCCCCCCCCCCC. The van der Waals surface area contributed by atoms with Crippen LogP contribution in [0, 0.1) is 0 Å². The average molecular weight is 856 g/mol. The zero-order chi connectivity index (χ0) is 43.9. The summed E-state index contributed by atoms with van der Waals surface area (Å²) in [4.78, 5) is 13.1. The van der Waals surface area contributed by atoms with Crippen molar-refractivity contribution in [1.82, 2.24) is 5.32 Å². The first-order valence-corrected chi connectivity index (χ1v) is 25.5. The highest BCUT2D eigenvalue weighted by atomic mass is 16.7. The number of ether oxygens (including phenoxy) is 2. The Bertz CT molecular complexity index is 968. The zero-order valence-electron chi connectivity index (χ0n) is 38.8. The summed E-state index contributed by atoms with van der Waals surface area (Å²) in [5, 5.41) is 64.8. The van der Waals surface area contributed by atoms with E-state index in [0.717, 1.165) is 44.9 Å². The van der Waals surface area contributed by atoms with Crippen LogP contribution in [0.2, 0.25) is 0 Å². The Morgan fingerprint density at radius 3 is 1.35 bits per heavy atom. The van der Waals surface area contributed by atoms with E-state index in [4.69, 9.17) is 9.47 Å². The normalized spacial score (nSPS) is 21.1. The van der Waals surface area contributed by atoms with Crippen molar-refractivity contribution in [3.05, 3.63) is 12.2 Å². The van der Waals surface area contributed by atoms with Crippen LogP contribution in [0.5, 0.6) is 0 Å². The summed E-state index contributed by atoms with van der Waals surface area (Å²) >= 11 is 0. The molecule has 1 heterocycles. The monoisotopic (exact) mass is 856 g/mol. The maximum atomic E-state index is 13.1. The van der Waals surface area contributed by atoms with Crippen molar-refractivity contribution in [3.63, 3.8) is 0 Å². The minimum Gasteiger partial charge on any atom is -0.394 e. The molecule has 1 amide bonds. The van der Waals surface area contributed by atoms with Gasteiger partial charge < -0.3 is 45.4 Å². The lowest BCUT2D eigenvalue weighted by atomic mass is 9.99. The van der Waals surface area contributed by atoms with Crippen LogP contribution < -0.4 is 5.32 Å². The highest BCUT2D eigenvalue weighted by Crippen LogP contribution is 2.23. The van der Waals surface area contributed by atoms with Crippen molar-refractivity contribution in [2.24, 2.45) is 0 Å². The molecule has 1 rings (SSSR count). The van der Waals surface area contributed by atoms with E-state index in [9.17, 15) is 35.4 Å². The fourth-order valence-electron chi connectivity index (χ4n) is 8.28. The second-order valence-electron chi connectivity index (χ2n) is 18.1. The lowest BCUT2D eigenvalue weighted by Crippen LogP contribution is -2.60. The molecule has 1 aliphatic rings. The molecule has 0 bridgehead atoms. The lowest BCUT2D eigenvalue weighted by Gasteiger charge is -2.40. The number of aliphatic hydroxyl groups is 6. The Hall–Kier alpha value is -1.11. The van der Waals surface area contributed by atoms with Gasteiger partial charge in [-0.15, -0.1) is 0 Å². The highest BCUT2D eigenvalue weighted by molar-refractivity contribution is 5.80. The third-order valence-electron chi connectivity index (χ3n) is 12.5. The van der Waals surface area contributed by atoms with Crippen LogP contribution in [0.3, 0.4) is 0 Å². The minimum absolute atomic E-state index is 0.301. The number of amides is 1. The molecular weight excluding hydrogens is 759 g/mol. The number of carbonyl (C=O) groups excluding carboxylic acids is 1. The molecule has 0 aromatic rings. The van der Waals surface area contributed by atoms with Crippen molar-refractivity contribution in [3.8, 4) is 0 Å². The molecule has 0 spiro atoms. The third-order valence-corrected chi connectivity index (χ3v) is 12.5. The number of carbonyl (C=O) groups is 1. The molecule has 1 aliphatic heterocycles. The zero-order valence-corrected chi connectivity index (χ0v) is 38.8. The van der Waals surface area contributed by atoms with E-state index in [2.05, 4.69) is 19.2 Å². The largest absolute Gasteiger partial charge is 0.394 e. The molecule has 1 saturated heterocycles. The van der Waals surface area contributed by atoms with E-state index in [1.165, 1.54) is 173 Å². The van der Waals surface area contributed by atoms with Gasteiger partial charge in [0.25, 0.3) is 0 Å². The van der Waals surface area contributed by atoms with Gasteiger partial charge in [-0.3, -0.25) is 4.79 Å². The molecular formula is C50H97NO9. The third kappa shape index (κ3) is 30.1. The second-order valence-corrected chi connectivity index (χ2v) is 18.1. The summed E-state index contributed by atoms with van der Waals surface area (Å²) in [7, 11) is 0. The Labute approximate surface area is 368 Å². The van der Waals surface area contributed by atoms with E-state index in [-0.39, 0.29) is 6.61 Å². The van der Waals surface area contributed by atoms with Gasteiger partial charge in [-0.2, -0.15) is 0 Å². The molecule has 60 heavy (non-hydrogen) atoms. The van der Waals surface area contributed by atoms with Crippen molar-refractivity contribution < 1.29 is 44.9 Å². The first kappa shape index (κ1) is 56.9. The van der Waals surface area contributed by atoms with Crippen molar-refractivity contribution in [1.29, 1.82) is 0 Å². The standard InChI is InChI=1S/C50H97NO9/c1-3-5-7-9-11-13-15-17-19-20-21-22-23-24-25-27-29-31-33-35-37-39-44(54)49(58)51-42(41-59-50-48(57)47(56)46(55)45(40-52)60-50)43(53)38-36-34-32-30-28-26-18-16-14-12-10-8-6-4-2/h36,38,42-48,50,52-57H,3-35,37,39-41H2,1-2H3,(H,51,58)/b38-36+. The van der Waals surface area contributed by atoms with Crippen LogP contribution in [0.1, 0.15) is 239 Å². The molecule has 1 fully saturated rings. The number of hydrogen-bond acceptors (Lipinski definition) is 9. The van der Waals surface area contributed by atoms with Gasteiger partial charge >= 0.3 is 0 Å². The summed E-state index contributed by atoms with van der Waals surface area (Å²) in [6, 6.07) is -0.975. The van der Waals surface area contributed by atoms with Crippen molar-refractivity contribution in [2.45, 2.75) is 288 Å². The molecule has 8 atom stereocenters. The number of aliphatic hydroxyl groups excluding tert-OH is 6. The molecule has 7 N–H and O–H groups in total. The van der Waals surface area contributed by atoms with Gasteiger partial charge in [0.1, 0.15) is 30.5 Å². The Morgan fingerprint density at radius 1 is 0.567 bits per heavy atom. The van der Waals surface area contributed by atoms with E-state index < -0.39 is 61.5 Å². The molecule has 0 aromatic heterocycles. The van der Waals surface area contributed by atoms with Gasteiger partial charge in [0.15, 0.2) is 6.29 Å². The molecule has 10 nitrogen and oxygen atoms in total. The molecule has 0 aliphatic carbocycles. The topological polar surface area (TPSA) is 169 Å². The minimum atomic E-state index is -1.61. The van der Waals surface area contributed by atoms with Crippen LogP contribution in [-0.4, -0.2) is 98.7 Å². The molecule has 0 aromatic carbocycles.